The minimum Gasteiger partial charge on any atom is -0.385 e. The largest absolute Gasteiger partial charge is 0.385 e. The van der Waals surface area contributed by atoms with Gasteiger partial charge in [0.25, 0.3) is 6.43 Å². The van der Waals surface area contributed by atoms with E-state index in [9.17, 15) is 18.0 Å². The first-order valence-corrected chi connectivity index (χ1v) is 5.67. The minimum atomic E-state index is -3.06. The molecule has 5 nitrogen and oxygen atoms in total. The van der Waals surface area contributed by atoms with Crippen LogP contribution in [0, 0.1) is 5.82 Å². The quantitative estimate of drug-likeness (QED) is 0.875. The predicted molar refractivity (Wildman–Crippen MR) is 72.3 cm³/mol. The molecule has 1 atom stereocenters. The van der Waals surface area contributed by atoms with Gasteiger partial charge in [-0.1, -0.05) is 0 Å². The lowest BCUT2D eigenvalue weighted by molar-refractivity contribution is -0.0146. The standard InChI is InChI=1S/C12H12F3N3O2.ClH/c13-8-2-1-6(10(17)19)3-7(8)12(11(14)15)5-20-4-9(16)18-12;/h1-3,11H,4-5H2,(H2,16,18)(H2,17,19);1H/t12-;/m1./s1. The number of amidine groups is 1. The zero-order valence-corrected chi connectivity index (χ0v) is 11.5. The maximum atomic E-state index is 13.9. The van der Waals surface area contributed by atoms with Crippen LogP contribution in [0.2, 0.25) is 0 Å². The highest BCUT2D eigenvalue weighted by molar-refractivity contribution is 5.93. The number of rotatable bonds is 3. The topological polar surface area (TPSA) is 90.7 Å². The van der Waals surface area contributed by atoms with Crippen LogP contribution < -0.4 is 11.5 Å². The van der Waals surface area contributed by atoms with E-state index in [2.05, 4.69) is 4.99 Å². The number of amides is 1. The van der Waals surface area contributed by atoms with Crippen LogP contribution in [0.3, 0.4) is 0 Å². The summed E-state index contributed by atoms with van der Waals surface area (Å²) in [4.78, 5) is 14.8. The van der Waals surface area contributed by atoms with E-state index in [0.717, 1.165) is 18.2 Å². The molecule has 0 saturated heterocycles. The summed E-state index contributed by atoms with van der Waals surface area (Å²) in [6.07, 6.45) is -3.06. The van der Waals surface area contributed by atoms with E-state index in [-0.39, 0.29) is 30.4 Å². The van der Waals surface area contributed by atoms with Crippen molar-refractivity contribution < 1.29 is 22.7 Å². The lowest BCUT2D eigenvalue weighted by atomic mass is 9.89. The van der Waals surface area contributed by atoms with Crippen molar-refractivity contribution in [2.75, 3.05) is 13.2 Å². The highest BCUT2D eigenvalue weighted by Gasteiger charge is 2.46. The van der Waals surface area contributed by atoms with E-state index >= 15 is 0 Å². The maximum absolute atomic E-state index is 13.9. The number of benzene rings is 1. The summed E-state index contributed by atoms with van der Waals surface area (Å²) in [6.45, 7) is -0.643. The molecule has 4 N–H and O–H groups in total. The molecule has 1 aromatic rings. The summed E-state index contributed by atoms with van der Waals surface area (Å²) < 4.78 is 45.7. The average Bonchev–Trinajstić information content (AvgIpc) is 2.38. The Morgan fingerprint density at radius 1 is 1.43 bits per heavy atom. The number of aliphatic imine (C=N–C) groups is 1. The Labute approximate surface area is 124 Å². The number of nitrogens with zero attached hydrogens (tertiary/aromatic N) is 1. The van der Waals surface area contributed by atoms with E-state index in [4.69, 9.17) is 16.2 Å². The molecule has 1 aliphatic heterocycles. The number of nitrogens with two attached hydrogens (primary N) is 2. The Bertz CT molecular complexity index is 583. The van der Waals surface area contributed by atoms with E-state index in [1.54, 1.807) is 0 Å². The van der Waals surface area contributed by atoms with Gasteiger partial charge in [0.05, 0.1) is 6.61 Å². The van der Waals surface area contributed by atoms with Gasteiger partial charge in [-0.2, -0.15) is 0 Å². The molecule has 2 rings (SSSR count). The summed E-state index contributed by atoms with van der Waals surface area (Å²) >= 11 is 0. The summed E-state index contributed by atoms with van der Waals surface area (Å²) in [7, 11) is 0. The van der Waals surface area contributed by atoms with Crippen LogP contribution in [0.1, 0.15) is 15.9 Å². The molecule has 116 valence electrons. The third kappa shape index (κ3) is 3.11. The summed E-state index contributed by atoms with van der Waals surface area (Å²) in [5.74, 6) is -1.96. The highest BCUT2D eigenvalue weighted by Crippen LogP contribution is 2.37. The lowest BCUT2D eigenvalue weighted by Crippen LogP contribution is -2.45. The number of hydrogen-bond donors (Lipinski definition) is 2. The van der Waals surface area contributed by atoms with Gasteiger partial charge in [0, 0.05) is 11.1 Å². The van der Waals surface area contributed by atoms with Crippen LogP contribution in [-0.2, 0) is 10.3 Å². The molecule has 0 aromatic heterocycles. The molecule has 9 heteroatoms. The van der Waals surface area contributed by atoms with Crippen molar-refractivity contribution in [2.45, 2.75) is 12.0 Å². The first-order chi connectivity index (χ1) is 9.36. The van der Waals surface area contributed by atoms with E-state index in [0.29, 0.717) is 0 Å². The number of ether oxygens (including phenoxy) is 1. The summed E-state index contributed by atoms with van der Waals surface area (Å²) in [6, 6.07) is 2.95. The molecule has 1 amide bonds. The fourth-order valence-corrected chi connectivity index (χ4v) is 2.01. The number of hydrogen-bond acceptors (Lipinski definition) is 4. The number of carbonyl (C=O) groups is 1. The highest BCUT2D eigenvalue weighted by atomic mass is 35.5. The fourth-order valence-electron chi connectivity index (χ4n) is 2.01. The van der Waals surface area contributed by atoms with Crippen molar-refractivity contribution >= 4 is 24.1 Å². The van der Waals surface area contributed by atoms with Crippen LogP contribution in [-0.4, -0.2) is 31.4 Å². The first-order valence-electron chi connectivity index (χ1n) is 5.67. The Morgan fingerprint density at radius 3 is 2.62 bits per heavy atom. The van der Waals surface area contributed by atoms with Crippen molar-refractivity contribution in [1.29, 1.82) is 0 Å². The van der Waals surface area contributed by atoms with Gasteiger partial charge in [0.2, 0.25) is 5.91 Å². The maximum Gasteiger partial charge on any atom is 0.269 e. The van der Waals surface area contributed by atoms with Crippen LogP contribution in [0.15, 0.2) is 23.2 Å². The van der Waals surface area contributed by atoms with Crippen LogP contribution >= 0.6 is 12.4 Å². The number of halogens is 4. The third-order valence-electron chi connectivity index (χ3n) is 2.99. The molecule has 21 heavy (non-hydrogen) atoms. The number of primary amides is 1. The monoisotopic (exact) mass is 323 g/mol. The molecule has 0 radical (unpaired) electrons. The molecule has 0 aliphatic carbocycles. The summed E-state index contributed by atoms with van der Waals surface area (Å²) in [5.41, 5.74) is 7.65. The van der Waals surface area contributed by atoms with Gasteiger partial charge in [0.1, 0.15) is 18.3 Å². The van der Waals surface area contributed by atoms with Crippen molar-refractivity contribution in [3.05, 3.63) is 35.1 Å². The predicted octanol–water partition coefficient (Wildman–Crippen LogP) is 1.19. The van der Waals surface area contributed by atoms with Crippen molar-refractivity contribution in [3.63, 3.8) is 0 Å². The number of alkyl halides is 2. The third-order valence-corrected chi connectivity index (χ3v) is 2.99. The number of carbonyl (C=O) groups excluding carboxylic acids is 1. The minimum absolute atomic E-state index is 0. The van der Waals surface area contributed by atoms with Gasteiger partial charge in [0.15, 0.2) is 5.54 Å². The van der Waals surface area contributed by atoms with Crippen LogP contribution in [0.5, 0.6) is 0 Å². The average molecular weight is 324 g/mol. The molecular formula is C12H13ClF3N3O2. The van der Waals surface area contributed by atoms with Gasteiger partial charge < -0.3 is 16.2 Å². The lowest BCUT2D eigenvalue weighted by Gasteiger charge is -2.33. The van der Waals surface area contributed by atoms with E-state index in [1.807, 2.05) is 0 Å². The van der Waals surface area contributed by atoms with E-state index < -0.39 is 35.9 Å². The van der Waals surface area contributed by atoms with Crippen molar-refractivity contribution in [3.8, 4) is 0 Å². The zero-order chi connectivity index (χ0) is 14.9. The van der Waals surface area contributed by atoms with Crippen LogP contribution in [0.4, 0.5) is 13.2 Å². The summed E-state index contributed by atoms with van der Waals surface area (Å²) in [5, 5.41) is 0. The zero-order valence-electron chi connectivity index (χ0n) is 10.7. The molecule has 0 bridgehead atoms. The second-order valence-corrected chi connectivity index (χ2v) is 4.38. The first kappa shape index (κ1) is 17.3. The Balaban J connectivity index is 0.00000220. The van der Waals surface area contributed by atoms with E-state index in [1.165, 1.54) is 0 Å². The smallest absolute Gasteiger partial charge is 0.269 e. The molecule has 1 heterocycles. The fraction of sp³-hybridized carbons (Fsp3) is 0.333. The SMILES string of the molecule is Cl.NC(=O)c1ccc(F)c([C@@]2(C(F)F)COCC(N)=N2)c1. The Morgan fingerprint density at radius 2 is 2.10 bits per heavy atom. The molecule has 0 fully saturated rings. The molecule has 1 aliphatic rings. The normalized spacial score (nSPS) is 21.6. The second-order valence-electron chi connectivity index (χ2n) is 4.38. The molecule has 0 spiro atoms. The Kier molecular flexibility index (Phi) is 5.19. The molecular weight excluding hydrogens is 311 g/mol. The van der Waals surface area contributed by atoms with Gasteiger partial charge in [-0.05, 0) is 18.2 Å². The van der Waals surface area contributed by atoms with Gasteiger partial charge >= 0.3 is 0 Å². The molecule has 0 unspecified atom stereocenters. The van der Waals surface area contributed by atoms with Crippen LogP contribution in [0.25, 0.3) is 0 Å². The van der Waals surface area contributed by atoms with Crippen molar-refractivity contribution in [2.24, 2.45) is 16.5 Å². The molecule has 0 saturated carbocycles. The second kappa shape index (κ2) is 6.31. The molecule has 1 aromatic carbocycles. The van der Waals surface area contributed by atoms with Crippen molar-refractivity contribution in [1.82, 2.24) is 0 Å². The van der Waals surface area contributed by atoms with Gasteiger partial charge in [-0.15, -0.1) is 12.4 Å². The van der Waals surface area contributed by atoms with Gasteiger partial charge in [-0.3, -0.25) is 9.79 Å². The Hall–Kier alpha value is -1.80. The van der Waals surface area contributed by atoms with Gasteiger partial charge in [-0.25, -0.2) is 13.2 Å².